The molecule has 2 N–H and O–H groups in total. The number of carbonyl (C=O) groups is 1. The van der Waals surface area contributed by atoms with E-state index in [1.54, 1.807) is 24.3 Å². The lowest BCUT2D eigenvalue weighted by molar-refractivity contribution is 0.0573. The zero-order valence-corrected chi connectivity index (χ0v) is 12.8. The number of amides is 2. The second-order valence-electron chi connectivity index (χ2n) is 5.40. The molecule has 122 valence electrons. The summed E-state index contributed by atoms with van der Waals surface area (Å²) in [6.45, 7) is 2.99. The highest BCUT2D eigenvalue weighted by molar-refractivity contribution is 5.89. The van der Waals surface area contributed by atoms with Crippen LogP contribution >= 0.6 is 0 Å². The highest BCUT2D eigenvalue weighted by Crippen LogP contribution is 2.19. The molecule has 1 atom stereocenters. The van der Waals surface area contributed by atoms with Gasteiger partial charge in [0.1, 0.15) is 19.0 Å². The number of ether oxygens (including phenoxy) is 2. The normalized spacial score (nSPS) is 16.8. The van der Waals surface area contributed by atoms with Gasteiger partial charge >= 0.3 is 6.03 Å². The molecule has 2 rings (SSSR count). The second kappa shape index (κ2) is 8.58. The number of hydrogen-bond acceptors (Lipinski definition) is 3. The fraction of sp³-hybridized carbons (Fsp3) is 0.562. The maximum absolute atomic E-state index is 12.1. The maximum atomic E-state index is 12.1. The molecule has 0 saturated carbocycles. The predicted molar refractivity (Wildman–Crippen MR) is 83.1 cm³/mol. The molecule has 1 aliphatic rings. The van der Waals surface area contributed by atoms with Gasteiger partial charge in [0.15, 0.2) is 0 Å². The number of hydrogen-bond donors (Lipinski definition) is 2. The molecule has 0 aromatic heterocycles. The summed E-state index contributed by atoms with van der Waals surface area (Å²) < 4.78 is 22.6. The number of urea groups is 1. The van der Waals surface area contributed by atoms with Gasteiger partial charge in [0.25, 0.3) is 0 Å². The van der Waals surface area contributed by atoms with Crippen molar-refractivity contribution in [3.05, 3.63) is 24.3 Å². The Bertz CT molecular complexity index is 478. The van der Waals surface area contributed by atoms with Crippen molar-refractivity contribution < 1.29 is 18.7 Å². The summed E-state index contributed by atoms with van der Waals surface area (Å²) in [4.78, 5) is 12.0. The Morgan fingerprint density at radius 1 is 1.45 bits per heavy atom. The quantitative estimate of drug-likeness (QED) is 0.849. The van der Waals surface area contributed by atoms with Crippen molar-refractivity contribution in [2.75, 3.05) is 31.8 Å². The van der Waals surface area contributed by atoms with E-state index in [-0.39, 0.29) is 18.7 Å². The molecule has 6 heteroatoms. The van der Waals surface area contributed by atoms with Crippen molar-refractivity contribution in [2.24, 2.45) is 5.92 Å². The molecule has 2 amide bonds. The summed E-state index contributed by atoms with van der Waals surface area (Å²) in [6, 6.07) is 6.76. The van der Waals surface area contributed by atoms with Crippen molar-refractivity contribution >= 4 is 11.7 Å². The molecule has 1 saturated heterocycles. The van der Waals surface area contributed by atoms with Gasteiger partial charge in [-0.3, -0.25) is 0 Å². The van der Waals surface area contributed by atoms with Crippen LogP contribution in [0.1, 0.15) is 19.8 Å². The standard InChI is InChI=1S/C16H23FN2O3/c1-12(13-5-8-21-9-6-13)18-16(20)19-14-3-2-4-15(11-14)22-10-7-17/h2-4,11-13H,5-10H2,1H3,(H2,18,19,20)/t12-/m0/s1. The molecule has 1 aliphatic heterocycles. The lowest BCUT2D eigenvalue weighted by Crippen LogP contribution is -2.42. The molecule has 0 unspecified atom stereocenters. The Morgan fingerprint density at radius 2 is 2.23 bits per heavy atom. The summed E-state index contributed by atoms with van der Waals surface area (Å²) in [5.41, 5.74) is 0.619. The molecular formula is C16H23FN2O3. The molecule has 0 bridgehead atoms. The molecule has 0 radical (unpaired) electrons. The van der Waals surface area contributed by atoms with E-state index < -0.39 is 6.67 Å². The first kappa shape index (κ1) is 16.5. The number of nitrogens with one attached hydrogen (secondary N) is 2. The molecule has 5 nitrogen and oxygen atoms in total. The minimum Gasteiger partial charge on any atom is -0.491 e. The summed E-state index contributed by atoms with van der Waals surface area (Å²) in [7, 11) is 0. The Balaban J connectivity index is 1.83. The summed E-state index contributed by atoms with van der Waals surface area (Å²) in [5, 5.41) is 5.73. The van der Waals surface area contributed by atoms with Crippen LogP contribution in [0.15, 0.2) is 24.3 Å². The van der Waals surface area contributed by atoms with Crippen LogP contribution in [-0.2, 0) is 4.74 Å². The van der Waals surface area contributed by atoms with Crippen LogP contribution in [0.25, 0.3) is 0 Å². The highest BCUT2D eigenvalue weighted by Gasteiger charge is 2.21. The van der Waals surface area contributed by atoms with Gasteiger partial charge in [-0.25, -0.2) is 9.18 Å². The topological polar surface area (TPSA) is 59.6 Å². The molecule has 1 aromatic rings. The van der Waals surface area contributed by atoms with Crippen LogP contribution < -0.4 is 15.4 Å². The number of alkyl halides is 1. The van der Waals surface area contributed by atoms with Crippen LogP contribution in [-0.4, -0.2) is 38.6 Å². The van der Waals surface area contributed by atoms with Crippen LogP contribution in [0.5, 0.6) is 5.75 Å². The predicted octanol–water partition coefficient (Wildman–Crippen LogP) is 2.97. The van der Waals surface area contributed by atoms with Crippen molar-refractivity contribution in [3.8, 4) is 5.75 Å². The monoisotopic (exact) mass is 310 g/mol. The lowest BCUT2D eigenvalue weighted by atomic mass is 9.93. The highest BCUT2D eigenvalue weighted by atomic mass is 19.1. The van der Waals surface area contributed by atoms with E-state index in [1.165, 1.54) is 0 Å². The van der Waals surface area contributed by atoms with Crippen LogP contribution in [0.4, 0.5) is 14.9 Å². The van der Waals surface area contributed by atoms with Crippen LogP contribution in [0, 0.1) is 5.92 Å². The Morgan fingerprint density at radius 3 is 2.95 bits per heavy atom. The molecule has 1 aromatic carbocycles. The van der Waals surface area contributed by atoms with Gasteiger partial charge in [-0.15, -0.1) is 0 Å². The number of halogens is 1. The largest absolute Gasteiger partial charge is 0.491 e. The van der Waals surface area contributed by atoms with Crippen molar-refractivity contribution in [2.45, 2.75) is 25.8 Å². The average molecular weight is 310 g/mol. The number of anilines is 1. The molecule has 1 heterocycles. The average Bonchev–Trinajstić information content (AvgIpc) is 2.54. The minimum atomic E-state index is -0.541. The van der Waals surface area contributed by atoms with E-state index in [2.05, 4.69) is 10.6 Å². The zero-order chi connectivity index (χ0) is 15.8. The third-order valence-electron chi connectivity index (χ3n) is 3.77. The summed E-state index contributed by atoms with van der Waals surface area (Å²) >= 11 is 0. The van der Waals surface area contributed by atoms with E-state index in [1.807, 2.05) is 6.92 Å². The van der Waals surface area contributed by atoms with Crippen molar-refractivity contribution in [1.29, 1.82) is 0 Å². The van der Waals surface area contributed by atoms with Crippen LogP contribution in [0.2, 0.25) is 0 Å². The van der Waals surface area contributed by atoms with Crippen molar-refractivity contribution in [3.63, 3.8) is 0 Å². The summed E-state index contributed by atoms with van der Waals surface area (Å²) in [5.74, 6) is 0.978. The fourth-order valence-corrected chi connectivity index (χ4v) is 2.53. The van der Waals surface area contributed by atoms with Gasteiger partial charge in [-0.2, -0.15) is 0 Å². The van der Waals surface area contributed by atoms with Crippen LogP contribution in [0.3, 0.4) is 0 Å². The van der Waals surface area contributed by atoms with Crippen molar-refractivity contribution in [1.82, 2.24) is 5.32 Å². The Hall–Kier alpha value is -1.82. The molecule has 1 fully saturated rings. The molecule has 22 heavy (non-hydrogen) atoms. The lowest BCUT2D eigenvalue weighted by Gasteiger charge is -2.28. The molecular weight excluding hydrogens is 287 g/mol. The van der Waals surface area contributed by atoms with E-state index in [9.17, 15) is 9.18 Å². The van der Waals surface area contributed by atoms with E-state index in [0.29, 0.717) is 17.4 Å². The third-order valence-corrected chi connectivity index (χ3v) is 3.77. The number of carbonyl (C=O) groups excluding carboxylic acids is 1. The first-order chi connectivity index (χ1) is 10.7. The second-order valence-corrected chi connectivity index (χ2v) is 5.40. The third kappa shape index (κ3) is 5.18. The number of benzene rings is 1. The Labute approximate surface area is 130 Å². The van der Waals surface area contributed by atoms with Gasteiger partial charge < -0.3 is 20.1 Å². The minimum absolute atomic E-state index is 0.0104. The zero-order valence-electron chi connectivity index (χ0n) is 12.8. The number of rotatable bonds is 6. The SMILES string of the molecule is C[C@H](NC(=O)Nc1cccc(OCCF)c1)C1CCOCC1. The fourth-order valence-electron chi connectivity index (χ4n) is 2.53. The smallest absolute Gasteiger partial charge is 0.319 e. The Kier molecular flexibility index (Phi) is 6.45. The maximum Gasteiger partial charge on any atom is 0.319 e. The summed E-state index contributed by atoms with van der Waals surface area (Å²) in [6.07, 6.45) is 1.93. The van der Waals surface area contributed by atoms with Gasteiger partial charge in [-0.1, -0.05) is 6.07 Å². The molecule has 0 spiro atoms. The van der Waals surface area contributed by atoms with Gasteiger partial charge in [0.05, 0.1) is 0 Å². The van der Waals surface area contributed by atoms with Gasteiger partial charge in [0.2, 0.25) is 0 Å². The van der Waals surface area contributed by atoms with E-state index in [4.69, 9.17) is 9.47 Å². The van der Waals surface area contributed by atoms with E-state index in [0.717, 1.165) is 26.1 Å². The van der Waals surface area contributed by atoms with E-state index >= 15 is 0 Å². The molecule has 0 aliphatic carbocycles. The first-order valence-corrected chi connectivity index (χ1v) is 7.63. The van der Waals surface area contributed by atoms with Gasteiger partial charge in [0, 0.05) is 31.0 Å². The van der Waals surface area contributed by atoms with Gasteiger partial charge in [-0.05, 0) is 37.8 Å². The first-order valence-electron chi connectivity index (χ1n) is 7.63.